The number of methoxy groups -OCH3 is 1. The van der Waals surface area contributed by atoms with Crippen molar-refractivity contribution in [3.8, 4) is 17.6 Å². The van der Waals surface area contributed by atoms with E-state index in [9.17, 15) is 0 Å². The Balaban J connectivity index is 2.23. The van der Waals surface area contributed by atoms with E-state index in [0.717, 1.165) is 5.56 Å². The van der Waals surface area contributed by atoms with Gasteiger partial charge in [0.05, 0.1) is 23.2 Å². The molecule has 5 heteroatoms. The van der Waals surface area contributed by atoms with Crippen molar-refractivity contribution < 1.29 is 9.47 Å². The van der Waals surface area contributed by atoms with Gasteiger partial charge in [-0.3, -0.25) is 4.98 Å². The van der Waals surface area contributed by atoms with Crippen LogP contribution in [0, 0.1) is 11.3 Å². The van der Waals surface area contributed by atoms with Crippen LogP contribution in [0.25, 0.3) is 0 Å². The van der Waals surface area contributed by atoms with Crippen LogP contribution in [0.15, 0.2) is 41.1 Å². The Morgan fingerprint density at radius 2 is 2.26 bits per heavy atom. The maximum atomic E-state index is 8.91. The summed E-state index contributed by atoms with van der Waals surface area (Å²) in [6, 6.07) is 9.18. The maximum absolute atomic E-state index is 8.91. The second-order valence-corrected chi connectivity index (χ2v) is 4.61. The summed E-state index contributed by atoms with van der Waals surface area (Å²) in [4.78, 5) is 4.02. The molecule has 4 nitrogen and oxygen atoms in total. The van der Waals surface area contributed by atoms with E-state index in [2.05, 4.69) is 27.0 Å². The fourth-order valence-corrected chi connectivity index (χ4v) is 2.12. The standard InChI is InChI=1S/C14H11BrN2O2/c1-18-13-6-11(7-16)5-12(15)14(13)19-9-10-3-2-4-17-8-10/h2-6,8H,9H2,1H3. The van der Waals surface area contributed by atoms with Gasteiger partial charge in [0, 0.05) is 24.0 Å². The number of benzene rings is 1. The molecule has 0 bridgehead atoms. The highest BCUT2D eigenvalue weighted by atomic mass is 79.9. The van der Waals surface area contributed by atoms with Crippen molar-refractivity contribution in [2.75, 3.05) is 7.11 Å². The van der Waals surface area contributed by atoms with Crippen molar-refractivity contribution >= 4 is 15.9 Å². The van der Waals surface area contributed by atoms with Gasteiger partial charge in [-0.15, -0.1) is 0 Å². The summed E-state index contributed by atoms with van der Waals surface area (Å²) in [5.41, 5.74) is 1.47. The molecule has 1 aromatic heterocycles. The molecule has 0 atom stereocenters. The molecule has 0 saturated carbocycles. The van der Waals surface area contributed by atoms with E-state index in [1.54, 1.807) is 31.6 Å². The van der Waals surface area contributed by atoms with E-state index in [0.29, 0.717) is 28.1 Å². The largest absolute Gasteiger partial charge is 0.493 e. The predicted molar refractivity (Wildman–Crippen MR) is 74.0 cm³/mol. The summed E-state index contributed by atoms with van der Waals surface area (Å²) in [5.74, 6) is 1.10. The van der Waals surface area contributed by atoms with Gasteiger partial charge in [-0.2, -0.15) is 5.26 Å². The third kappa shape index (κ3) is 3.24. The number of hydrogen-bond acceptors (Lipinski definition) is 4. The summed E-state index contributed by atoms with van der Waals surface area (Å²) < 4.78 is 11.6. The van der Waals surface area contributed by atoms with E-state index in [1.807, 2.05) is 12.1 Å². The number of nitriles is 1. The Labute approximate surface area is 119 Å². The molecule has 96 valence electrons. The van der Waals surface area contributed by atoms with Crippen LogP contribution in [-0.2, 0) is 6.61 Å². The number of nitrogens with zero attached hydrogens (tertiary/aromatic N) is 2. The van der Waals surface area contributed by atoms with E-state index < -0.39 is 0 Å². The Kier molecular flexibility index (Phi) is 4.37. The number of halogens is 1. The monoisotopic (exact) mass is 318 g/mol. The van der Waals surface area contributed by atoms with E-state index >= 15 is 0 Å². The van der Waals surface area contributed by atoms with Gasteiger partial charge < -0.3 is 9.47 Å². The van der Waals surface area contributed by atoms with Crippen LogP contribution in [0.3, 0.4) is 0 Å². The predicted octanol–water partition coefficient (Wildman–Crippen LogP) is 3.30. The lowest BCUT2D eigenvalue weighted by Gasteiger charge is -2.12. The van der Waals surface area contributed by atoms with Crippen LogP contribution >= 0.6 is 15.9 Å². The first-order valence-corrected chi connectivity index (χ1v) is 6.33. The first-order valence-electron chi connectivity index (χ1n) is 5.54. The van der Waals surface area contributed by atoms with Gasteiger partial charge in [-0.05, 0) is 28.1 Å². The third-order valence-electron chi connectivity index (χ3n) is 2.46. The molecular formula is C14H11BrN2O2. The lowest BCUT2D eigenvalue weighted by molar-refractivity contribution is 0.282. The first-order chi connectivity index (χ1) is 9.24. The summed E-state index contributed by atoms with van der Waals surface area (Å²) in [7, 11) is 1.54. The zero-order chi connectivity index (χ0) is 13.7. The molecule has 0 fully saturated rings. The Hall–Kier alpha value is -2.06. The molecule has 0 radical (unpaired) electrons. The van der Waals surface area contributed by atoms with Gasteiger partial charge >= 0.3 is 0 Å². The van der Waals surface area contributed by atoms with Crippen LogP contribution in [0.5, 0.6) is 11.5 Å². The van der Waals surface area contributed by atoms with Gasteiger partial charge in [-0.25, -0.2) is 0 Å². The van der Waals surface area contributed by atoms with Gasteiger partial charge in [-0.1, -0.05) is 6.07 Å². The quantitative estimate of drug-likeness (QED) is 0.867. The number of ether oxygens (including phenoxy) is 2. The second kappa shape index (κ2) is 6.21. The van der Waals surface area contributed by atoms with E-state index in [-0.39, 0.29) is 0 Å². The Bertz CT molecular complexity index is 609. The molecule has 1 heterocycles. The molecular weight excluding hydrogens is 308 g/mol. The minimum Gasteiger partial charge on any atom is -0.493 e. The SMILES string of the molecule is COc1cc(C#N)cc(Br)c1OCc1cccnc1. The average Bonchev–Trinajstić information content (AvgIpc) is 2.46. The van der Waals surface area contributed by atoms with Crippen molar-refractivity contribution in [3.63, 3.8) is 0 Å². The van der Waals surface area contributed by atoms with Gasteiger partial charge in [0.15, 0.2) is 11.5 Å². The number of rotatable bonds is 4. The molecule has 0 aliphatic heterocycles. The molecule has 0 unspecified atom stereocenters. The van der Waals surface area contributed by atoms with Crippen LogP contribution in [0.1, 0.15) is 11.1 Å². The highest BCUT2D eigenvalue weighted by Crippen LogP contribution is 2.36. The molecule has 2 aromatic rings. The smallest absolute Gasteiger partial charge is 0.175 e. The summed E-state index contributed by atoms with van der Waals surface area (Å²) >= 11 is 3.38. The fraction of sp³-hybridized carbons (Fsp3) is 0.143. The third-order valence-corrected chi connectivity index (χ3v) is 3.05. The first kappa shape index (κ1) is 13.4. The van der Waals surface area contributed by atoms with Crippen molar-refractivity contribution in [3.05, 3.63) is 52.3 Å². The van der Waals surface area contributed by atoms with E-state index in [1.165, 1.54) is 0 Å². The Morgan fingerprint density at radius 1 is 1.42 bits per heavy atom. The molecule has 1 aromatic carbocycles. The molecule has 0 aliphatic rings. The number of hydrogen-bond donors (Lipinski definition) is 0. The lowest BCUT2D eigenvalue weighted by Crippen LogP contribution is -1.99. The van der Waals surface area contributed by atoms with Crippen LogP contribution < -0.4 is 9.47 Å². The molecule has 0 saturated heterocycles. The van der Waals surface area contributed by atoms with E-state index in [4.69, 9.17) is 14.7 Å². The average molecular weight is 319 g/mol. The van der Waals surface area contributed by atoms with Crippen molar-refractivity contribution in [1.29, 1.82) is 5.26 Å². The lowest BCUT2D eigenvalue weighted by atomic mass is 10.2. The fourth-order valence-electron chi connectivity index (χ4n) is 1.56. The molecule has 0 aliphatic carbocycles. The minimum atomic E-state index is 0.384. The summed E-state index contributed by atoms with van der Waals surface area (Å²) in [6.07, 6.45) is 3.45. The highest BCUT2D eigenvalue weighted by molar-refractivity contribution is 9.10. The molecule has 2 rings (SSSR count). The molecule has 0 N–H and O–H groups in total. The van der Waals surface area contributed by atoms with Crippen LogP contribution in [0.2, 0.25) is 0 Å². The van der Waals surface area contributed by atoms with Crippen molar-refractivity contribution in [1.82, 2.24) is 4.98 Å². The number of pyridine rings is 1. The Morgan fingerprint density at radius 3 is 2.89 bits per heavy atom. The highest BCUT2D eigenvalue weighted by Gasteiger charge is 2.11. The molecule has 0 amide bonds. The van der Waals surface area contributed by atoms with Crippen molar-refractivity contribution in [2.24, 2.45) is 0 Å². The summed E-state index contributed by atoms with van der Waals surface area (Å²) in [5, 5.41) is 8.91. The zero-order valence-electron chi connectivity index (χ0n) is 10.3. The van der Waals surface area contributed by atoms with Gasteiger partial charge in [0.25, 0.3) is 0 Å². The minimum absolute atomic E-state index is 0.384. The maximum Gasteiger partial charge on any atom is 0.175 e. The van der Waals surface area contributed by atoms with Crippen LogP contribution in [-0.4, -0.2) is 12.1 Å². The van der Waals surface area contributed by atoms with Gasteiger partial charge in [0.2, 0.25) is 0 Å². The second-order valence-electron chi connectivity index (χ2n) is 3.75. The van der Waals surface area contributed by atoms with Crippen LogP contribution in [0.4, 0.5) is 0 Å². The normalized spacial score (nSPS) is 9.74. The zero-order valence-corrected chi connectivity index (χ0v) is 11.8. The van der Waals surface area contributed by atoms with Crippen molar-refractivity contribution in [2.45, 2.75) is 6.61 Å². The van der Waals surface area contributed by atoms with Gasteiger partial charge in [0.1, 0.15) is 6.61 Å². The molecule has 19 heavy (non-hydrogen) atoms. The summed E-state index contributed by atoms with van der Waals surface area (Å²) in [6.45, 7) is 0.384. The number of aromatic nitrogens is 1. The topological polar surface area (TPSA) is 55.1 Å². The molecule has 0 spiro atoms.